The molecule has 1 saturated heterocycles. The van der Waals surface area contributed by atoms with Crippen molar-refractivity contribution in [3.63, 3.8) is 0 Å². The molecule has 1 fully saturated rings. The van der Waals surface area contributed by atoms with Crippen LogP contribution in [0.5, 0.6) is 0 Å². The minimum Gasteiger partial charge on any atom is -0.357 e. The lowest BCUT2D eigenvalue weighted by molar-refractivity contribution is 0.791. The van der Waals surface area contributed by atoms with Crippen molar-refractivity contribution >= 4 is 35.8 Å². The SMILES string of the molecule is CN=C(NCCc1ccc(-n2cccn2)cc1)NCc1ccc(N2CCCC2)nc1.I. The van der Waals surface area contributed by atoms with E-state index in [1.54, 1.807) is 13.2 Å². The lowest BCUT2D eigenvalue weighted by Gasteiger charge is -2.16. The molecule has 0 bridgehead atoms. The second-order valence-electron chi connectivity index (χ2n) is 7.44. The van der Waals surface area contributed by atoms with E-state index in [2.05, 4.69) is 67.0 Å². The number of aliphatic imine (C=N–C) groups is 1. The van der Waals surface area contributed by atoms with Crippen LogP contribution in [0.1, 0.15) is 24.0 Å². The van der Waals surface area contributed by atoms with Crippen LogP contribution >= 0.6 is 24.0 Å². The molecule has 0 aliphatic carbocycles. The number of nitrogens with one attached hydrogen (secondary N) is 2. The zero-order chi connectivity index (χ0) is 20.6. The minimum atomic E-state index is 0. The lowest BCUT2D eigenvalue weighted by Crippen LogP contribution is -2.37. The maximum absolute atomic E-state index is 4.61. The maximum atomic E-state index is 4.61. The Bertz CT molecular complexity index is 931. The number of rotatable bonds is 7. The Labute approximate surface area is 201 Å². The van der Waals surface area contributed by atoms with Gasteiger partial charge in [0.05, 0.1) is 5.69 Å². The molecule has 3 heterocycles. The van der Waals surface area contributed by atoms with Crippen LogP contribution in [0.15, 0.2) is 66.0 Å². The number of benzene rings is 1. The first kappa shape index (κ1) is 23.1. The molecule has 31 heavy (non-hydrogen) atoms. The number of hydrogen-bond acceptors (Lipinski definition) is 4. The van der Waals surface area contributed by atoms with Gasteiger partial charge in [-0.15, -0.1) is 24.0 Å². The lowest BCUT2D eigenvalue weighted by atomic mass is 10.1. The highest BCUT2D eigenvalue weighted by molar-refractivity contribution is 14.0. The monoisotopic (exact) mass is 531 g/mol. The summed E-state index contributed by atoms with van der Waals surface area (Å²) in [5.41, 5.74) is 3.49. The second kappa shape index (κ2) is 11.7. The van der Waals surface area contributed by atoms with Gasteiger partial charge in [0, 0.05) is 51.8 Å². The molecule has 1 aliphatic heterocycles. The normalized spacial score (nSPS) is 13.7. The fraction of sp³-hybridized carbons (Fsp3) is 0.348. The van der Waals surface area contributed by atoms with Crippen LogP contribution in [0.25, 0.3) is 5.69 Å². The molecule has 0 unspecified atom stereocenters. The third-order valence-electron chi connectivity index (χ3n) is 5.33. The van der Waals surface area contributed by atoms with E-state index in [9.17, 15) is 0 Å². The summed E-state index contributed by atoms with van der Waals surface area (Å²) in [6, 6.07) is 14.6. The van der Waals surface area contributed by atoms with E-state index < -0.39 is 0 Å². The van der Waals surface area contributed by atoms with Crippen LogP contribution in [0.4, 0.5) is 5.82 Å². The number of pyridine rings is 1. The predicted octanol–water partition coefficient (Wildman–Crippen LogP) is 3.39. The summed E-state index contributed by atoms with van der Waals surface area (Å²) in [5, 5.41) is 11.0. The number of nitrogens with zero attached hydrogens (tertiary/aromatic N) is 5. The van der Waals surface area contributed by atoms with Crippen molar-refractivity contribution in [2.45, 2.75) is 25.8 Å². The fourth-order valence-electron chi connectivity index (χ4n) is 3.62. The number of aromatic nitrogens is 3. The molecule has 0 saturated carbocycles. The van der Waals surface area contributed by atoms with Gasteiger partial charge in [-0.25, -0.2) is 9.67 Å². The first-order valence-electron chi connectivity index (χ1n) is 10.6. The molecule has 2 N–H and O–H groups in total. The second-order valence-corrected chi connectivity index (χ2v) is 7.44. The molecule has 0 spiro atoms. The molecule has 2 aromatic heterocycles. The zero-order valence-corrected chi connectivity index (χ0v) is 20.2. The van der Waals surface area contributed by atoms with Gasteiger partial charge < -0.3 is 15.5 Å². The van der Waals surface area contributed by atoms with Gasteiger partial charge in [-0.3, -0.25) is 4.99 Å². The van der Waals surface area contributed by atoms with Crippen LogP contribution in [-0.2, 0) is 13.0 Å². The average molecular weight is 531 g/mol. The quantitative estimate of drug-likeness (QED) is 0.278. The summed E-state index contributed by atoms with van der Waals surface area (Å²) in [6.07, 6.45) is 9.14. The van der Waals surface area contributed by atoms with Gasteiger partial charge in [-0.05, 0) is 54.7 Å². The van der Waals surface area contributed by atoms with Crippen molar-refractivity contribution in [3.05, 3.63) is 72.2 Å². The van der Waals surface area contributed by atoms with Crippen molar-refractivity contribution in [2.24, 2.45) is 4.99 Å². The van der Waals surface area contributed by atoms with E-state index in [0.29, 0.717) is 6.54 Å². The predicted molar refractivity (Wildman–Crippen MR) is 137 cm³/mol. The number of anilines is 1. The van der Waals surface area contributed by atoms with Gasteiger partial charge in [0.15, 0.2) is 5.96 Å². The number of hydrogen-bond donors (Lipinski definition) is 2. The Morgan fingerprint density at radius 2 is 1.81 bits per heavy atom. The summed E-state index contributed by atoms with van der Waals surface area (Å²) >= 11 is 0. The van der Waals surface area contributed by atoms with Crippen molar-refractivity contribution in [1.29, 1.82) is 0 Å². The Hall–Kier alpha value is -2.62. The van der Waals surface area contributed by atoms with Gasteiger partial charge in [-0.1, -0.05) is 18.2 Å². The Morgan fingerprint density at radius 1 is 1.03 bits per heavy atom. The molecule has 4 rings (SSSR count). The third-order valence-corrected chi connectivity index (χ3v) is 5.33. The Kier molecular flexibility index (Phi) is 8.69. The van der Waals surface area contributed by atoms with Crippen LogP contribution < -0.4 is 15.5 Å². The first-order valence-corrected chi connectivity index (χ1v) is 10.6. The molecule has 0 amide bonds. The number of halogens is 1. The summed E-state index contributed by atoms with van der Waals surface area (Å²) in [5.74, 6) is 1.88. The Morgan fingerprint density at radius 3 is 2.45 bits per heavy atom. The van der Waals surface area contributed by atoms with Crippen LogP contribution in [0, 0.1) is 0 Å². The van der Waals surface area contributed by atoms with E-state index in [-0.39, 0.29) is 24.0 Å². The van der Waals surface area contributed by atoms with Crippen LogP contribution in [0.2, 0.25) is 0 Å². The summed E-state index contributed by atoms with van der Waals surface area (Å²) in [6.45, 7) is 3.75. The fourth-order valence-corrected chi connectivity index (χ4v) is 3.62. The largest absolute Gasteiger partial charge is 0.357 e. The highest BCUT2D eigenvalue weighted by atomic mass is 127. The summed E-state index contributed by atoms with van der Waals surface area (Å²) < 4.78 is 1.86. The smallest absolute Gasteiger partial charge is 0.191 e. The average Bonchev–Trinajstić information content (AvgIpc) is 3.52. The molecule has 1 aromatic carbocycles. The number of guanidine groups is 1. The molecular formula is C23H30IN7. The highest BCUT2D eigenvalue weighted by Gasteiger charge is 2.12. The van der Waals surface area contributed by atoms with Crippen molar-refractivity contribution in [3.8, 4) is 5.69 Å². The van der Waals surface area contributed by atoms with E-state index in [1.165, 1.54) is 18.4 Å². The van der Waals surface area contributed by atoms with Gasteiger partial charge in [0.1, 0.15) is 5.82 Å². The van der Waals surface area contributed by atoms with E-state index in [1.807, 2.05) is 23.1 Å². The summed E-state index contributed by atoms with van der Waals surface area (Å²) in [4.78, 5) is 11.3. The van der Waals surface area contributed by atoms with Crippen molar-refractivity contribution < 1.29 is 0 Å². The van der Waals surface area contributed by atoms with Crippen LogP contribution in [-0.4, -0.2) is 47.4 Å². The van der Waals surface area contributed by atoms with E-state index in [4.69, 9.17) is 0 Å². The molecule has 0 atom stereocenters. The molecule has 1 aliphatic rings. The van der Waals surface area contributed by atoms with Gasteiger partial charge in [0.2, 0.25) is 0 Å². The third kappa shape index (κ3) is 6.43. The highest BCUT2D eigenvalue weighted by Crippen LogP contribution is 2.17. The molecule has 0 radical (unpaired) electrons. The molecule has 3 aromatic rings. The van der Waals surface area contributed by atoms with Gasteiger partial charge in [-0.2, -0.15) is 5.10 Å². The first-order chi connectivity index (χ1) is 14.8. The molecular weight excluding hydrogens is 501 g/mol. The topological polar surface area (TPSA) is 70.4 Å². The minimum absolute atomic E-state index is 0. The molecule has 7 nitrogen and oxygen atoms in total. The van der Waals surface area contributed by atoms with Crippen LogP contribution in [0.3, 0.4) is 0 Å². The van der Waals surface area contributed by atoms with Crippen molar-refractivity contribution in [2.75, 3.05) is 31.6 Å². The summed E-state index contributed by atoms with van der Waals surface area (Å²) in [7, 11) is 1.79. The Balaban J connectivity index is 0.00000272. The zero-order valence-electron chi connectivity index (χ0n) is 17.9. The van der Waals surface area contributed by atoms with E-state index >= 15 is 0 Å². The van der Waals surface area contributed by atoms with E-state index in [0.717, 1.165) is 49.1 Å². The van der Waals surface area contributed by atoms with Gasteiger partial charge in [0.25, 0.3) is 0 Å². The molecule has 164 valence electrons. The maximum Gasteiger partial charge on any atom is 0.191 e. The standard InChI is InChI=1S/C23H29N7.HI/c1-24-23(27-18-20-7-10-22(26-17-20)29-14-2-3-15-29)25-13-11-19-5-8-21(9-6-19)30-16-4-12-28-30;/h4-10,12,16-17H,2-3,11,13-15,18H2,1H3,(H2,24,25,27);1H. The van der Waals surface area contributed by atoms with Crippen molar-refractivity contribution in [1.82, 2.24) is 25.4 Å². The molecule has 8 heteroatoms. The van der Waals surface area contributed by atoms with Gasteiger partial charge >= 0.3 is 0 Å².